The summed E-state index contributed by atoms with van der Waals surface area (Å²) in [6.45, 7) is 0. The maximum Gasteiger partial charge on any atom is 0.182 e. The lowest BCUT2D eigenvalue weighted by atomic mass is 10.2. The van der Waals surface area contributed by atoms with Crippen LogP contribution in [0.15, 0.2) is 43.7 Å². The number of amidine groups is 1. The van der Waals surface area contributed by atoms with Crippen molar-refractivity contribution in [1.29, 1.82) is 0 Å². The number of hydrogen-bond donors (Lipinski definition) is 2. The molecule has 0 atom stereocenters. The predicted molar refractivity (Wildman–Crippen MR) is 74.2 cm³/mol. The first-order chi connectivity index (χ1) is 8.22. The summed E-state index contributed by atoms with van der Waals surface area (Å²) in [5, 5.41) is 7.37. The molecule has 86 valence electrons. The van der Waals surface area contributed by atoms with E-state index in [1.165, 1.54) is 11.8 Å². The number of thioether (sulfide) groups is 1. The SMILES string of the molecule is NC1=NNC(c2cc3cc(Br)ccc3o2)=CS1. The molecule has 0 radical (unpaired) electrons. The minimum Gasteiger partial charge on any atom is -0.454 e. The van der Waals surface area contributed by atoms with Crippen molar-refractivity contribution >= 4 is 49.5 Å². The average Bonchev–Trinajstić information content (AvgIpc) is 2.72. The van der Waals surface area contributed by atoms with E-state index in [4.69, 9.17) is 10.2 Å². The number of halogens is 1. The summed E-state index contributed by atoms with van der Waals surface area (Å²) in [6.07, 6.45) is 0. The third kappa shape index (κ3) is 2.05. The van der Waals surface area contributed by atoms with Gasteiger partial charge in [0.15, 0.2) is 10.9 Å². The first-order valence-electron chi connectivity index (χ1n) is 4.88. The molecule has 17 heavy (non-hydrogen) atoms. The van der Waals surface area contributed by atoms with E-state index >= 15 is 0 Å². The van der Waals surface area contributed by atoms with Crippen LogP contribution in [0.1, 0.15) is 5.76 Å². The van der Waals surface area contributed by atoms with Gasteiger partial charge in [-0.2, -0.15) is 5.10 Å². The van der Waals surface area contributed by atoms with Gasteiger partial charge in [-0.3, -0.25) is 5.43 Å². The van der Waals surface area contributed by atoms with Gasteiger partial charge in [0.25, 0.3) is 0 Å². The zero-order valence-electron chi connectivity index (χ0n) is 8.61. The lowest BCUT2D eigenvalue weighted by Crippen LogP contribution is -2.16. The van der Waals surface area contributed by atoms with E-state index in [1.807, 2.05) is 29.7 Å². The van der Waals surface area contributed by atoms with E-state index in [-0.39, 0.29) is 0 Å². The van der Waals surface area contributed by atoms with Crippen LogP contribution in [-0.4, -0.2) is 5.17 Å². The smallest absolute Gasteiger partial charge is 0.182 e. The Labute approximate surface area is 110 Å². The highest BCUT2D eigenvalue weighted by molar-refractivity contribution is 9.10. The van der Waals surface area contributed by atoms with Crippen molar-refractivity contribution in [2.45, 2.75) is 0 Å². The topological polar surface area (TPSA) is 63.5 Å². The Hall–Kier alpha value is -1.40. The zero-order chi connectivity index (χ0) is 11.8. The monoisotopic (exact) mass is 309 g/mol. The highest BCUT2D eigenvalue weighted by Crippen LogP contribution is 2.28. The molecule has 0 saturated heterocycles. The van der Waals surface area contributed by atoms with Gasteiger partial charge in [0.2, 0.25) is 0 Å². The van der Waals surface area contributed by atoms with Crippen molar-refractivity contribution in [3.05, 3.63) is 39.9 Å². The summed E-state index contributed by atoms with van der Waals surface area (Å²) in [4.78, 5) is 0. The molecule has 1 aromatic carbocycles. The molecule has 0 saturated carbocycles. The molecule has 3 N–H and O–H groups in total. The van der Waals surface area contributed by atoms with Crippen LogP contribution in [0.5, 0.6) is 0 Å². The van der Waals surface area contributed by atoms with Crippen molar-refractivity contribution < 1.29 is 4.42 Å². The fourth-order valence-electron chi connectivity index (χ4n) is 1.55. The van der Waals surface area contributed by atoms with E-state index in [0.29, 0.717) is 5.17 Å². The van der Waals surface area contributed by atoms with Crippen LogP contribution in [0, 0.1) is 0 Å². The van der Waals surface area contributed by atoms with E-state index in [1.54, 1.807) is 0 Å². The van der Waals surface area contributed by atoms with Gasteiger partial charge in [-0.1, -0.05) is 27.7 Å². The van der Waals surface area contributed by atoms with Crippen molar-refractivity contribution in [2.24, 2.45) is 10.8 Å². The van der Waals surface area contributed by atoms with Crippen molar-refractivity contribution in [3.63, 3.8) is 0 Å². The largest absolute Gasteiger partial charge is 0.454 e. The van der Waals surface area contributed by atoms with Crippen molar-refractivity contribution in [1.82, 2.24) is 5.43 Å². The number of rotatable bonds is 1. The van der Waals surface area contributed by atoms with Crippen molar-refractivity contribution in [2.75, 3.05) is 0 Å². The summed E-state index contributed by atoms with van der Waals surface area (Å²) >= 11 is 4.80. The van der Waals surface area contributed by atoms with E-state index < -0.39 is 0 Å². The minimum atomic E-state index is 0.493. The Kier molecular flexibility index (Phi) is 2.60. The number of hydrogen-bond acceptors (Lipinski definition) is 5. The lowest BCUT2D eigenvalue weighted by Gasteiger charge is -2.08. The van der Waals surface area contributed by atoms with Gasteiger partial charge < -0.3 is 10.2 Å². The second-order valence-electron chi connectivity index (χ2n) is 3.50. The third-order valence-corrected chi connectivity index (χ3v) is 3.51. The maximum absolute atomic E-state index is 5.72. The molecule has 4 nitrogen and oxygen atoms in total. The molecule has 1 aromatic heterocycles. The van der Waals surface area contributed by atoms with Gasteiger partial charge in [-0.15, -0.1) is 0 Å². The first-order valence-corrected chi connectivity index (χ1v) is 6.55. The average molecular weight is 310 g/mol. The molecule has 3 rings (SSSR count). The molecule has 6 heteroatoms. The second-order valence-corrected chi connectivity index (χ2v) is 5.31. The predicted octanol–water partition coefficient (Wildman–Crippen LogP) is 3.06. The molecule has 2 heterocycles. The van der Waals surface area contributed by atoms with Crippen LogP contribution in [0.2, 0.25) is 0 Å². The van der Waals surface area contributed by atoms with E-state index in [9.17, 15) is 0 Å². The normalized spacial score (nSPS) is 15.4. The summed E-state index contributed by atoms with van der Waals surface area (Å²) in [5.74, 6) is 0.752. The molecule has 0 aliphatic carbocycles. The number of fused-ring (bicyclic) bond motifs is 1. The van der Waals surface area contributed by atoms with Gasteiger partial charge in [-0.25, -0.2) is 0 Å². The third-order valence-electron chi connectivity index (χ3n) is 2.33. The van der Waals surface area contributed by atoms with E-state index in [2.05, 4.69) is 26.5 Å². The Morgan fingerprint density at radius 3 is 3.00 bits per heavy atom. The van der Waals surface area contributed by atoms with Gasteiger partial charge >= 0.3 is 0 Å². The lowest BCUT2D eigenvalue weighted by molar-refractivity contribution is 0.593. The molecule has 0 unspecified atom stereocenters. The molecule has 2 aromatic rings. The quantitative estimate of drug-likeness (QED) is 0.850. The van der Waals surface area contributed by atoms with Crippen LogP contribution in [0.4, 0.5) is 0 Å². The fourth-order valence-corrected chi connectivity index (χ4v) is 2.43. The molecular formula is C11H8BrN3OS. The molecule has 0 amide bonds. The highest BCUT2D eigenvalue weighted by atomic mass is 79.9. The van der Waals surface area contributed by atoms with Crippen LogP contribution < -0.4 is 11.2 Å². The van der Waals surface area contributed by atoms with Crippen LogP contribution in [0.25, 0.3) is 16.7 Å². The number of nitrogens with two attached hydrogens (primary N) is 1. The number of furan rings is 1. The molecule has 0 fully saturated rings. The van der Waals surface area contributed by atoms with Gasteiger partial charge in [0.05, 0.1) is 0 Å². The number of benzene rings is 1. The maximum atomic E-state index is 5.72. The Morgan fingerprint density at radius 2 is 2.24 bits per heavy atom. The van der Waals surface area contributed by atoms with Crippen LogP contribution in [-0.2, 0) is 0 Å². The second kappa shape index (κ2) is 4.12. The summed E-state index contributed by atoms with van der Waals surface area (Å²) in [6, 6.07) is 7.85. The van der Waals surface area contributed by atoms with Gasteiger partial charge in [0.1, 0.15) is 11.3 Å². The summed E-state index contributed by atoms with van der Waals surface area (Å²) in [7, 11) is 0. The minimum absolute atomic E-state index is 0.493. The van der Waals surface area contributed by atoms with Crippen LogP contribution in [0.3, 0.4) is 0 Å². The Morgan fingerprint density at radius 1 is 1.35 bits per heavy atom. The molecule has 1 aliphatic heterocycles. The molecular weight excluding hydrogens is 302 g/mol. The van der Waals surface area contributed by atoms with Crippen molar-refractivity contribution in [3.8, 4) is 0 Å². The van der Waals surface area contributed by atoms with Crippen LogP contribution >= 0.6 is 27.7 Å². The zero-order valence-corrected chi connectivity index (χ0v) is 11.0. The number of nitrogens with one attached hydrogen (secondary N) is 1. The van der Waals surface area contributed by atoms with E-state index in [0.717, 1.165) is 26.9 Å². The Balaban J connectivity index is 2.02. The van der Waals surface area contributed by atoms with Gasteiger partial charge in [-0.05, 0) is 24.3 Å². The molecule has 1 aliphatic rings. The molecule has 0 spiro atoms. The Bertz CT molecular complexity index is 647. The number of nitrogens with zero attached hydrogens (tertiary/aromatic N) is 1. The summed E-state index contributed by atoms with van der Waals surface area (Å²) in [5.41, 5.74) is 10.1. The number of hydrazone groups is 1. The highest BCUT2D eigenvalue weighted by Gasteiger charge is 2.12. The first kappa shape index (κ1) is 10.7. The standard InChI is InChI=1S/C11H8BrN3OS/c12-7-1-2-9-6(3-7)4-10(16-9)8-5-17-11(13)15-14-8/h1-5,14H,(H2,13,15). The molecule has 0 bridgehead atoms. The summed E-state index contributed by atoms with van der Waals surface area (Å²) < 4.78 is 6.75. The fraction of sp³-hybridized carbons (Fsp3) is 0. The van der Waals surface area contributed by atoms with Gasteiger partial charge in [0, 0.05) is 15.3 Å².